The number of benzene rings is 1. The third kappa shape index (κ3) is 7.13. The highest BCUT2D eigenvalue weighted by Crippen LogP contribution is 2.44. The van der Waals surface area contributed by atoms with Crippen LogP contribution in [0.5, 0.6) is 0 Å². The Morgan fingerprint density at radius 1 is 0.788 bits per heavy atom. The summed E-state index contributed by atoms with van der Waals surface area (Å²) in [4.78, 5) is 0. The van der Waals surface area contributed by atoms with Crippen LogP contribution in [0.1, 0.15) is 120 Å². The van der Waals surface area contributed by atoms with E-state index in [4.69, 9.17) is 4.74 Å². The maximum Gasteiger partial charge on any atom is 0.266 e. The van der Waals surface area contributed by atoms with Gasteiger partial charge in [-0.2, -0.15) is 8.78 Å². The van der Waals surface area contributed by atoms with Gasteiger partial charge >= 0.3 is 0 Å². The summed E-state index contributed by atoms with van der Waals surface area (Å²) in [7, 11) is 0. The van der Waals surface area contributed by atoms with E-state index >= 15 is 0 Å². The molecule has 1 aromatic carbocycles. The first-order valence-corrected chi connectivity index (χ1v) is 13.8. The summed E-state index contributed by atoms with van der Waals surface area (Å²) in [5.74, 6) is 4.19. The first-order chi connectivity index (χ1) is 16.1. The van der Waals surface area contributed by atoms with Crippen molar-refractivity contribution in [2.75, 3.05) is 6.61 Å². The van der Waals surface area contributed by atoms with E-state index in [1.807, 2.05) is 0 Å². The predicted molar refractivity (Wildman–Crippen MR) is 133 cm³/mol. The fraction of sp³-hybridized carbons (Fsp3) is 0.733. The van der Waals surface area contributed by atoms with E-state index in [1.165, 1.54) is 75.3 Å². The molecule has 184 valence electrons. The maximum atomic E-state index is 12.2. The minimum absolute atomic E-state index is 0.132. The topological polar surface area (TPSA) is 9.23 Å². The molecule has 33 heavy (non-hydrogen) atoms. The van der Waals surface area contributed by atoms with Crippen molar-refractivity contribution >= 4 is 0 Å². The second-order valence-corrected chi connectivity index (χ2v) is 11.1. The van der Waals surface area contributed by atoms with Crippen LogP contribution in [0.4, 0.5) is 8.78 Å². The molecule has 2 aliphatic carbocycles. The van der Waals surface area contributed by atoms with Gasteiger partial charge in [0.15, 0.2) is 0 Å². The quantitative estimate of drug-likeness (QED) is 0.377. The minimum Gasteiger partial charge on any atom is -0.378 e. The zero-order chi connectivity index (χ0) is 23.0. The van der Waals surface area contributed by atoms with Crippen LogP contribution in [0.15, 0.2) is 36.4 Å². The van der Waals surface area contributed by atoms with E-state index in [1.54, 1.807) is 0 Å². The van der Waals surface area contributed by atoms with Gasteiger partial charge in [0, 0.05) is 5.92 Å². The third-order valence-corrected chi connectivity index (χ3v) is 9.06. The molecule has 1 saturated heterocycles. The van der Waals surface area contributed by atoms with Crippen molar-refractivity contribution in [1.29, 1.82) is 0 Å². The average molecular weight is 459 g/mol. The summed E-state index contributed by atoms with van der Waals surface area (Å²) in [6.07, 6.45) is 17.1. The number of rotatable bonds is 8. The first-order valence-electron chi connectivity index (χ1n) is 13.8. The smallest absolute Gasteiger partial charge is 0.266 e. The summed E-state index contributed by atoms with van der Waals surface area (Å²) >= 11 is 0. The Labute approximate surface area is 200 Å². The molecule has 3 aliphatic rings. The Kier molecular flexibility index (Phi) is 9.41. The van der Waals surface area contributed by atoms with Gasteiger partial charge in [-0.15, -0.1) is 0 Å². The lowest BCUT2D eigenvalue weighted by Gasteiger charge is -2.38. The van der Waals surface area contributed by atoms with Crippen molar-refractivity contribution in [1.82, 2.24) is 0 Å². The van der Waals surface area contributed by atoms with Gasteiger partial charge < -0.3 is 4.74 Å². The molecule has 1 aromatic rings. The van der Waals surface area contributed by atoms with Crippen LogP contribution in [-0.4, -0.2) is 12.7 Å². The Balaban J connectivity index is 1.19. The lowest BCUT2D eigenvalue weighted by molar-refractivity contribution is -0.000288. The monoisotopic (exact) mass is 458 g/mol. The zero-order valence-corrected chi connectivity index (χ0v) is 20.6. The van der Waals surface area contributed by atoms with E-state index < -0.39 is 6.08 Å². The molecule has 2 atom stereocenters. The third-order valence-electron chi connectivity index (χ3n) is 9.06. The average Bonchev–Trinajstić information content (AvgIpc) is 2.85. The van der Waals surface area contributed by atoms with Gasteiger partial charge in [0.05, 0.1) is 12.7 Å². The van der Waals surface area contributed by atoms with Crippen LogP contribution in [0, 0.1) is 17.8 Å². The van der Waals surface area contributed by atoms with Crippen LogP contribution >= 0.6 is 0 Å². The van der Waals surface area contributed by atoms with Crippen molar-refractivity contribution in [2.45, 2.75) is 115 Å². The van der Waals surface area contributed by atoms with Crippen molar-refractivity contribution in [2.24, 2.45) is 17.8 Å². The van der Waals surface area contributed by atoms with Gasteiger partial charge in [-0.1, -0.05) is 56.9 Å². The number of allylic oxidation sites excluding steroid dienone is 1. The van der Waals surface area contributed by atoms with Crippen LogP contribution in [0.3, 0.4) is 0 Å². The van der Waals surface area contributed by atoms with Crippen molar-refractivity contribution in [3.63, 3.8) is 0 Å². The highest BCUT2D eigenvalue weighted by Gasteiger charge is 2.31. The summed E-state index contributed by atoms with van der Waals surface area (Å²) < 4.78 is 30.4. The number of ether oxygens (including phenoxy) is 1. The molecule has 1 nitrogen and oxygen atoms in total. The molecular formula is C30H44F2O. The molecular weight excluding hydrogens is 414 g/mol. The summed E-state index contributed by atoms with van der Waals surface area (Å²) in [5, 5.41) is 0. The van der Waals surface area contributed by atoms with Crippen molar-refractivity contribution < 1.29 is 13.5 Å². The highest BCUT2D eigenvalue weighted by molar-refractivity contribution is 5.28. The highest BCUT2D eigenvalue weighted by atomic mass is 19.3. The minimum atomic E-state index is -1.58. The first kappa shape index (κ1) is 24.9. The Hall–Kier alpha value is -1.22. The molecule has 3 fully saturated rings. The summed E-state index contributed by atoms with van der Waals surface area (Å²) in [6.45, 7) is 3.05. The SMILES string of the molecule is CCCC1CCC(C2CCC(c3ccc(C4CCC(CCC=C(F)F)OC4)cc3)CC2)CC1. The lowest BCUT2D eigenvalue weighted by atomic mass is 9.68. The largest absolute Gasteiger partial charge is 0.378 e. The van der Waals surface area contributed by atoms with Crippen LogP contribution in [-0.2, 0) is 4.74 Å². The van der Waals surface area contributed by atoms with Gasteiger partial charge in [-0.3, -0.25) is 0 Å². The van der Waals surface area contributed by atoms with Gasteiger partial charge in [0.2, 0.25) is 0 Å². The molecule has 2 saturated carbocycles. The van der Waals surface area contributed by atoms with E-state index in [0.717, 1.165) is 49.2 Å². The molecule has 0 spiro atoms. The maximum absolute atomic E-state index is 12.2. The number of halogens is 2. The van der Waals surface area contributed by atoms with Gasteiger partial charge in [0.25, 0.3) is 6.08 Å². The van der Waals surface area contributed by atoms with Gasteiger partial charge in [-0.25, -0.2) is 0 Å². The van der Waals surface area contributed by atoms with Gasteiger partial charge in [-0.05, 0) is 105 Å². The molecule has 2 unspecified atom stereocenters. The molecule has 1 heterocycles. The number of hydrogen-bond acceptors (Lipinski definition) is 1. The second-order valence-electron chi connectivity index (χ2n) is 11.1. The molecule has 0 amide bonds. The van der Waals surface area contributed by atoms with Crippen LogP contribution < -0.4 is 0 Å². The normalized spacial score (nSPS) is 32.9. The zero-order valence-electron chi connectivity index (χ0n) is 20.6. The standard InChI is InChI=1S/C30H44F2O/c1-2-4-22-7-9-23(10-8-22)24-11-13-25(14-12-24)26-15-17-27(18-16-26)28-19-20-29(33-21-28)5-3-6-30(31)32/h6,15-18,22-25,28-29H,2-5,7-14,19-21H2,1H3. The molecule has 0 aromatic heterocycles. The molecule has 3 heteroatoms. The Bertz CT molecular complexity index is 714. The fourth-order valence-electron chi connectivity index (χ4n) is 7.00. The molecule has 1 aliphatic heterocycles. The predicted octanol–water partition coefficient (Wildman–Crippen LogP) is 9.39. The van der Waals surface area contributed by atoms with E-state index in [9.17, 15) is 8.78 Å². The number of hydrogen-bond donors (Lipinski definition) is 0. The molecule has 0 N–H and O–H groups in total. The lowest BCUT2D eigenvalue weighted by Crippen LogP contribution is -2.25. The summed E-state index contributed by atoms with van der Waals surface area (Å²) in [6, 6.07) is 9.40. The Morgan fingerprint density at radius 2 is 1.36 bits per heavy atom. The van der Waals surface area contributed by atoms with E-state index in [0.29, 0.717) is 18.8 Å². The molecule has 0 bridgehead atoms. The van der Waals surface area contributed by atoms with Crippen LogP contribution in [0.2, 0.25) is 0 Å². The van der Waals surface area contributed by atoms with Crippen molar-refractivity contribution in [3.8, 4) is 0 Å². The molecule has 4 rings (SSSR count). The van der Waals surface area contributed by atoms with Gasteiger partial charge in [0.1, 0.15) is 0 Å². The van der Waals surface area contributed by atoms with E-state index in [-0.39, 0.29) is 6.10 Å². The second kappa shape index (κ2) is 12.5. The fourth-order valence-corrected chi connectivity index (χ4v) is 7.00. The van der Waals surface area contributed by atoms with Crippen LogP contribution in [0.25, 0.3) is 0 Å². The Morgan fingerprint density at radius 3 is 1.91 bits per heavy atom. The van der Waals surface area contributed by atoms with E-state index in [2.05, 4.69) is 31.2 Å². The molecule has 0 radical (unpaired) electrons. The summed E-state index contributed by atoms with van der Waals surface area (Å²) in [5.41, 5.74) is 2.91. The van der Waals surface area contributed by atoms with Crippen molar-refractivity contribution in [3.05, 3.63) is 47.5 Å².